The van der Waals surface area contributed by atoms with Crippen LogP contribution in [0.5, 0.6) is 0 Å². The fraction of sp³-hybridized carbons (Fsp3) is 0.222. The number of aliphatic hydroxyl groups is 1. The monoisotopic (exact) mass is 329 g/mol. The smallest absolute Gasteiger partial charge is 0.342 e. The molecule has 1 aromatic heterocycles. The summed E-state index contributed by atoms with van der Waals surface area (Å²) in [6.07, 6.45) is 4.55. The van der Waals surface area contributed by atoms with Crippen molar-refractivity contribution in [2.75, 3.05) is 7.11 Å². The summed E-state index contributed by atoms with van der Waals surface area (Å²) in [7, 11) is 1.29. The number of methoxy groups -OCH3 is 1. The van der Waals surface area contributed by atoms with Gasteiger partial charge in [-0.1, -0.05) is 50.3 Å². The van der Waals surface area contributed by atoms with E-state index in [0.717, 1.165) is 16.8 Å². The van der Waals surface area contributed by atoms with Crippen LogP contribution in [0.2, 0.25) is 0 Å². The second kappa shape index (κ2) is 7.74. The van der Waals surface area contributed by atoms with Crippen molar-refractivity contribution in [3.63, 3.8) is 0 Å². The van der Waals surface area contributed by atoms with Crippen LogP contribution in [-0.2, 0) is 9.53 Å². The predicted octanol–water partition coefficient (Wildman–Crippen LogP) is 4.51. The maximum atomic E-state index is 11.9. The minimum absolute atomic E-state index is 0.115. The zero-order valence-corrected chi connectivity index (χ0v) is 14.1. The average Bonchev–Trinajstić information content (AvgIpc) is 2.98. The van der Waals surface area contributed by atoms with Crippen molar-refractivity contribution in [1.29, 1.82) is 0 Å². The van der Waals surface area contributed by atoms with Gasteiger partial charge in [-0.15, -0.1) is 11.3 Å². The number of ether oxygens (including phenoxy) is 1. The molecular formula is C18H19NO3S. The van der Waals surface area contributed by atoms with Gasteiger partial charge in [-0.05, 0) is 11.6 Å². The molecule has 0 saturated heterocycles. The van der Waals surface area contributed by atoms with Crippen LogP contribution in [0.15, 0.2) is 36.6 Å². The molecule has 23 heavy (non-hydrogen) atoms. The van der Waals surface area contributed by atoms with Gasteiger partial charge in [0.1, 0.15) is 5.57 Å². The van der Waals surface area contributed by atoms with E-state index in [1.807, 2.05) is 56.3 Å². The molecule has 5 heteroatoms. The molecule has 0 aliphatic rings. The molecule has 0 radical (unpaired) electrons. The molecular weight excluding hydrogens is 310 g/mol. The van der Waals surface area contributed by atoms with E-state index in [0.29, 0.717) is 10.6 Å². The van der Waals surface area contributed by atoms with Gasteiger partial charge in [-0.3, -0.25) is 0 Å². The molecule has 2 rings (SSSR count). The van der Waals surface area contributed by atoms with Gasteiger partial charge in [0.25, 0.3) is 0 Å². The Morgan fingerprint density at radius 2 is 1.96 bits per heavy atom. The molecule has 2 aromatic rings. The van der Waals surface area contributed by atoms with Gasteiger partial charge in [-0.25, -0.2) is 9.78 Å². The highest BCUT2D eigenvalue weighted by atomic mass is 32.1. The Balaban J connectivity index is 2.45. The molecule has 0 atom stereocenters. The zero-order valence-electron chi connectivity index (χ0n) is 13.3. The molecule has 1 heterocycles. The second-order valence-electron chi connectivity index (χ2n) is 5.20. The lowest BCUT2D eigenvalue weighted by Crippen LogP contribution is -2.03. The number of aliphatic hydroxyl groups excluding tert-OH is 1. The normalized spacial score (nSPS) is 12.1. The summed E-state index contributed by atoms with van der Waals surface area (Å²) in [5.74, 6) is -0.351. The summed E-state index contributed by atoms with van der Waals surface area (Å²) in [4.78, 5) is 17.0. The molecule has 4 nitrogen and oxygen atoms in total. The van der Waals surface area contributed by atoms with Crippen molar-refractivity contribution in [3.05, 3.63) is 57.7 Å². The second-order valence-corrected chi connectivity index (χ2v) is 6.23. The van der Waals surface area contributed by atoms with E-state index in [2.05, 4.69) is 4.98 Å². The molecule has 0 bridgehead atoms. The van der Waals surface area contributed by atoms with Crippen molar-refractivity contribution < 1.29 is 14.6 Å². The fourth-order valence-electron chi connectivity index (χ4n) is 1.96. The maximum absolute atomic E-state index is 11.9. The van der Waals surface area contributed by atoms with Crippen molar-refractivity contribution in [2.45, 2.75) is 19.8 Å². The Bertz CT molecular complexity index is 730. The first kappa shape index (κ1) is 17.0. The summed E-state index contributed by atoms with van der Waals surface area (Å²) < 4.78 is 4.73. The van der Waals surface area contributed by atoms with Crippen LogP contribution in [-0.4, -0.2) is 23.2 Å². The topological polar surface area (TPSA) is 59.4 Å². The third-order valence-corrected chi connectivity index (χ3v) is 4.58. The summed E-state index contributed by atoms with van der Waals surface area (Å²) >= 11 is 1.39. The molecule has 0 fully saturated rings. The Labute approximate surface area is 139 Å². The Morgan fingerprint density at radius 3 is 2.52 bits per heavy atom. The van der Waals surface area contributed by atoms with Crippen molar-refractivity contribution in [3.8, 4) is 0 Å². The number of rotatable bonds is 5. The Morgan fingerprint density at radius 1 is 1.26 bits per heavy atom. The number of hydrogen-bond acceptors (Lipinski definition) is 5. The molecule has 120 valence electrons. The summed E-state index contributed by atoms with van der Waals surface area (Å²) in [5, 5.41) is 10.3. The molecule has 0 saturated carbocycles. The first-order valence-electron chi connectivity index (χ1n) is 7.23. The number of carbonyl (C=O) groups is 1. The third kappa shape index (κ3) is 4.07. The zero-order chi connectivity index (χ0) is 16.8. The molecule has 0 unspecified atom stereocenters. The number of thiazole rings is 1. The lowest BCUT2D eigenvalue weighted by atomic mass is 10.1. The van der Waals surface area contributed by atoms with Crippen molar-refractivity contribution in [1.82, 2.24) is 4.98 Å². The van der Waals surface area contributed by atoms with Gasteiger partial charge in [0.05, 0.1) is 29.0 Å². The summed E-state index contributed by atoms with van der Waals surface area (Å²) in [5.41, 5.74) is 1.79. The van der Waals surface area contributed by atoms with Gasteiger partial charge in [0.15, 0.2) is 0 Å². The van der Waals surface area contributed by atoms with E-state index in [1.165, 1.54) is 18.4 Å². The molecule has 1 N–H and O–H groups in total. The van der Waals surface area contributed by atoms with Crippen LogP contribution in [0.25, 0.3) is 17.7 Å². The summed E-state index contributed by atoms with van der Waals surface area (Å²) in [6.45, 7) is 4.07. The van der Waals surface area contributed by atoms with Gasteiger partial charge in [0.2, 0.25) is 0 Å². The third-order valence-electron chi connectivity index (χ3n) is 3.18. The number of aromatic nitrogens is 1. The molecule has 1 aromatic carbocycles. The lowest BCUT2D eigenvalue weighted by Gasteiger charge is -2.02. The van der Waals surface area contributed by atoms with Crippen molar-refractivity contribution >= 4 is 35.0 Å². The first-order valence-corrected chi connectivity index (χ1v) is 8.05. The van der Waals surface area contributed by atoms with Crippen LogP contribution in [0.3, 0.4) is 0 Å². The lowest BCUT2D eigenvalue weighted by molar-refractivity contribution is -0.133. The van der Waals surface area contributed by atoms with Gasteiger partial charge in [0, 0.05) is 5.92 Å². The highest BCUT2D eigenvalue weighted by Crippen LogP contribution is 2.32. The first-order chi connectivity index (χ1) is 11.1. The number of hydrogen-bond donors (Lipinski definition) is 1. The van der Waals surface area contributed by atoms with E-state index in [1.54, 1.807) is 0 Å². The number of benzene rings is 1. The average molecular weight is 329 g/mol. The quantitative estimate of drug-likeness (QED) is 0.498. The van der Waals surface area contributed by atoms with Crippen LogP contribution < -0.4 is 0 Å². The SMILES string of the molecule is COC(=O)C(=CO)c1sc(C(C)C)nc1/C=C/c1ccccc1. The van der Waals surface area contributed by atoms with Crippen molar-refractivity contribution in [2.24, 2.45) is 0 Å². The number of nitrogens with zero attached hydrogens (tertiary/aromatic N) is 1. The Kier molecular flexibility index (Phi) is 5.71. The van der Waals surface area contributed by atoms with Crippen LogP contribution >= 0.6 is 11.3 Å². The highest BCUT2D eigenvalue weighted by molar-refractivity contribution is 7.13. The standard InChI is InChI=1S/C18H19NO3S/c1-12(2)17-19-15(10-9-13-7-5-4-6-8-13)16(23-17)14(11-20)18(21)22-3/h4-12,20H,1-3H3/b10-9+,14-11?. The maximum Gasteiger partial charge on any atom is 0.342 e. The van der Waals surface area contributed by atoms with E-state index in [4.69, 9.17) is 4.74 Å². The number of esters is 1. The fourth-order valence-corrected chi connectivity index (χ4v) is 3.01. The van der Waals surface area contributed by atoms with Gasteiger partial charge < -0.3 is 9.84 Å². The molecule has 0 aliphatic heterocycles. The summed E-state index contributed by atoms with van der Waals surface area (Å²) in [6, 6.07) is 9.82. The Hall–Kier alpha value is -2.40. The van der Waals surface area contributed by atoms with Gasteiger partial charge in [-0.2, -0.15) is 0 Å². The molecule has 0 amide bonds. The van der Waals surface area contributed by atoms with Gasteiger partial charge >= 0.3 is 5.97 Å². The van der Waals surface area contributed by atoms with Crippen LogP contribution in [0.4, 0.5) is 0 Å². The molecule has 0 aliphatic carbocycles. The van der Waals surface area contributed by atoms with E-state index < -0.39 is 5.97 Å². The predicted molar refractivity (Wildman–Crippen MR) is 94.2 cm³/mol. The van der Waals surface area contributed by atoms with Crippen LogP contribution in [0, 0.1) is 0 Å². The van der Waals surface area contributed by atoms with E-state index in [-0.39, 0.29) is 11.5 Å². The highest BCUT2D eigenvalue weighted by Gasteiger charge is 2.21. The van der Waals surface area contributed by atoms with Crippen LogP contribution in [0.1, 0.15) is 40.9 Å². The largest absolute Gasteiger partial charge is 0.515 e. The molecule has 0 spiro atoms. The van der Waals surface area contributed by atoms with E-state index >= 15 is 0 Å². The van der Waals surface area contributed by atoms with E-state index in [9.17, 15) is 9.90 Å². The minimum atomic E-state index is -0.583. The minimum Gasteiger partial charge on any atom is -0.515 e. The number of carbonyl (C=O) groups excluding carboxylic acids is 1.